The Kier molecular flexibility index (Phi) is 8.09. The Morgan fingerprint density at radius 2 is 1.90 bits per heavy atom. The minimum Gasteiger partial charge on any atom is -0.493 e. The summed E-state index contributed by atoms with van der Waals surface area (Å²) in [6, 6.07) is 3.15. The van der Waals surface area contributed by atoms with Crippen LogP contribution in [0, 0.1) is 0 Å². The third kappa shape index (κ3) is 5.73. The molecule has 156 valence electrons. The zero-order valence-electron chi connectivity index (χ0n) is 15.9. The van der Waals surface area contributed by atoms with E-state index in [2.05, 4.69) is 20.7 Å². The van der Waals surface area contributed by atoms with Crippen molar-refractivity contribution >= 4 is 56.9 Å². The Hall–Kier alpha value is -2.53. The molecule has 11 heteroatoms. The summed E-state index contributed by atoms with van der Waals surface area (Å²) < 4.78 is 20.5. The molecule has 0 saturated carbocycles. The summed E-state index contributed by atoms with van der Waals surface area (Å²) in [6.45, 7) is 1.04. The average Bonchev–Trinajstić information content (AvgIpc) is 2.95. The quantitative estimate of drug-likeness (QED) is 0.403. The molecule has 1 heterocycles. The van der Waals surface area contributed by atoms with Gasteiger partial charge >= 0.3 is 11.9 Å². The highest BCUT2D eigenvalue weighted by atomic mass is 79.9. The summed E-state index contributed by atoms with van der Waals surface area (Å²) in [6.07, 6.45) is 1.49. The molecular weight excluding hydrogens is 470 g/mol. The van der Waals surface area contributed by atoms with Crippen molar-refractivity contribution in [1.29, 1.82) is 0 Å². The van der Waals surface area contributed by atoms with E-state index in [1.54, 1.807) is 19.1 Å². The first-order valence-corrected chi connectivity index (χ1v) is 9.89. The lowest BCUT2D eigenvalue weighted by atomic mass is 10.2. The second-order valence-corrected chi connectivity index (χ2v) is 7.31. The van der Waals surface area contributed by atoms with Gasteiger partial charge in [0.05, 0.1) is 25.7 Å². The zero-order valence-corrected chi connectivity index (χ0v) is 18.3. The maximum Gasteiger partial charge on any atom is 0.343 e. The number of imide groups is 1. The molecule has 0 aliphatic carbocycles. The number of benzene rings is 1. The molecule has 0 N–H and O–H groups in total. The van der Waals surface area contributed by atoms with Crippen LogP contribution in [0.3, 0.4) is 0 Å². The van der Waals surface area contributed by atoms with Crippen molar-refractivity contribution in [1.82, 2.24) is 4.90 Å². The van der Waals surface area contributed by atoms with Crippen LogP contribution in [0.15, 0.2) is 21.5 Å². The predicted molar refractivity (Wildman–Crippen MR) is 108 cm³/mol. The topological polar surface area (TPSA) is 108 Å². The normalized spacial score (nSPS) is 14.9. The van der Waals surface area contributed by atoms with Crippen molar-refractivity contribution in [3.05, 3.63) is 27.1 Å². The molecule has 1 saturated heterocycles. The number of hydrogen-bond acceptors (Lipinski definition) is 9. The Labute approximate surface area is 179 Å². The first-order chi connectivity index (χ1) is 13.8. The molecule has 1 aromatic carbocycles. The van der Waals surface area contributed by atoms with Crippen molar-refractivity contribution in [3.63, 3.8) is 0 Å². The van der Waals surface area contributed by atoms with E-state index in [1.165, 1.54) is 20.3 Å². The maximum absolute atomic E-state index is 12.5. The first-order valence-electron chi connectivity index (χ1n) is 8.28. The van der Waals surface area contributed by atoms with Gasteiger partial charge in [-0.1, -0.05) is 15.9 Å². The molecular formula is C18H18BrNO8S. The number of methoxy groups -OCH3 is 2. The molecule has 1 aromatic rings. The predicted octanol–water partition coefficient (Wildman–Crippen LogP) is 2.61. The van der Waals surface area contributed by atoms with Crippen molar-refractivity contribution in [2.45, 2.75) is 6.92 Å². The number of amides is 2. The molecule has 1 aliphatic rings. The lowest BCUT2D eigenvalue weighted by molar-refractivity contribution is -0.146. The molecule has 0 radical (unpaired) electrons. The Bertz CT molecular complexity index is 870. The van der Waals surface area contributed by atoms with Gasteiger partial charge in [0.2, 0.25) is 0 Å². The van der Waals surface area contributed by atoms with Crippen LogP contribution in [0.1, 0.15) is 12.5 Å². The number of nitrogens with zero attached hydrogens (tertiary/aromatic N) is 1. The van der Waals surface area contributed by atoms with Crippen molar-refractivity contribution in [2.75, 3.05) is 34.0 Å². The van der Waals surface area contributed by atoms with E-state index in [-0.39, 0.29) is 23.9 Å². The standard InChI is InChI=1S/C18H18BrNO8S/c1-4-27-15(21)8-20-17(23)14(29-18(20)24)6-10-5-12(25-2)13(7-11(10)19)28-9-16(22)26-3/h5-7H,4,8-9H2,1-3H3. The van der Waals surface area contributed by atoms with Crippen LogP contribution in [-0.2, 0) is 23.9 Å². The highest BCUT2D eigenvalue weighted by Crippen LogP contribution is 2.38. The van der Waals surface area contributed by atoms with E-state index in [0.717, 1.165) is 4.90 Å². The van der Waals surface area contributed by atoms with Gasteiger partial charge in [0.25, 0.3) is 11.1 Å². The van der Waals surface area contributed by atoms with Gasteiger partial charge in [-0.25, -0.2) is 4.79 Å². The Balaban J connectivity index is 2.25. The largest absolute Gasteiger partial charge is 0.493 e. The number of esters is 2. The van der Waals surface area contributed by atoms with Crippen LogP contribution < -0.4 is 9.47 Å². The summed E-state index contributed by atoms with van der Waals surface area (Å²) >= 11 is 4.08. The summed E-state index contributed by atoms with van der Waals surface area (Å²) in [4.78, 5) is 48.4. The third-order valence-corrected chi connectivity index (χ3v) is 5.20. The second-order valence-electron chi connectivity index (χ2n) is 5.46. The fourth-order valence-corrected chi connectivity index (χ4v) is 3.51. The van der Waals surface area contributed by atoms with E-state index in [1.807, 2.05) is 0 Å². The van der Waals surface area contributed by atoms with Gasteiger partial charge in [-0.2, -0.15) is 0 Å². The molecule has 0 unspecified atom stereocenters. The monoisotopic (exact) mass is 487 g/mol. The first kappa shape index (κ1) is 22.8. The minimum absolute atomic E-state index is 0.144. The average molecular weight is 488 g/mol. The van der Waals surface area contributed by atoms with Gasteiger partial charge in [0, 0.05) is 4.47 Å². The van der Waals surface area contributed by atoms with Crippen LogP contribution >= 0.6 is 27.7 Å². The molecule has 0 spiro atoms. The Morgan fingerprint density at radius 3 is 2.52 bits per heavy atom. The fourth-order valence-electron chi connectivity index (χ4n) is 2.24. The van der Waals surface area contributed by atoms with Crippen molar-refractivity contribution < 1.29 is 38.1 Å². The van der Waals surface area contributed by atoms with Gasteiger partial charge in [-0.3, -0.25) is 19.3 Å². The molecule has 29 heavy (non-hydrogen) atoms. The third-order valence-electron chi connectivity index (χ3n) is 3.61. The lowest BCUT2D eigenvalue weighted by Crippen LogP contribution is -2.34. The molecule has 9 nitrogen and oxygen atoms in total. The van der Waals surface area contributed by atoms with E-state index < -0.39 is 29.6 Å². The van der Waals surface area contributed by atoms with Crippen LogP contribution in [0.25, 0.3) is 6.08 Å². The number of thioether (sulfide) groups is 1. The number of halogens is 1. The minimum atomic E-state index is -0.661. The maximum atomic E-state index is 12.5. The van der Waals surface area contributed by atoms with Gasteiger partial charge in [0.15, 0.2) is 18.1 Å². The molecule has 1 aliphatic heterocycles. The lowest BCUT2D eigenvalue weighted by Gasteiger charge is -2.12. The highest BCUT2D eigenvalue weighted by Gasteiger charge is 2.36. The van der Waals surface area contributed by atoms with E-state index in [0.29, 0.717) is 27.5 Å². The van der Waals surface area contributed by atoms with Crippen LogP contribution in [0.2, 0.25) is 0 Å². The van der Waals surface area contributed by atoms with Crippen molar-refractivity contribution in [2.24, 2.45) is 0 Å². The Morgan fingerprint density at radius 1 is 1.17 bits per heavy atom. The van der Waals surface area contributed by atoms with Gasteiger partial charge < -0.3 is 18.9 Å². The molecule has 0 atom stereocenters. The van der Waals surface area contributed by atoms with Gasteiger partial charge in [-0.05, 0) is 42.5 Å². The molecule has 0 aromatic heterocycles. The van der Waals surface area contributed by atoms with Crippen LogP contribution in [-0.4, -0.2) is 62.0 Å². The van der Waals surface area contributed by atoms with Gasteiger partial charge in [-0.15, -0.1) is 0 Å². The summed E-state index contributed by atoms with van der Waals surface area (Å²) in [7, 11) is 2.67. The number of hydrogen-bond donors (Lipinski definition) is 0. The molecule has 0 bridgehead atoms. The van der Waals surface area contributed by atoms with Crippen LogP contribution in [0.5, 0.6) is 11.5 Å². The summed E-state index contributed by atoms with van der Waals surface area (Å²) in [5, 5.41) is -0.560. The van der Waals surface area contributed by atoms with E-state index >= 15 is 0 Å². The molecule has 2 amide bonds. The zero-order chi connectivity index (χ0) is 21.6. The summed E-state index contributed by atoms with van der Waals surface area (Å²) in [5.74, 6) is -1.20. The molecule has 2 rings (SSSR count). The van der Waals surface area contributed by atoms with Crippen molar-refractivity contribution in [3.8, 4) is 11.5 Å². The van der Waals surface area contributed by atoms with E-state index in [9.17, 15) is 19.2 Å². The van der Waals surface area contributed by atoms with E-state index in [4.69, 9.17) is 14.2 Å². The number of rotatable bonds is 8. The molecule has 1 fully saturated rings. The second kappa shape index (κ2) is 10.3. The number of carbonyl (C=O) groups is 4. The highest BCUT2D eigenvalue weighted by molar-refractivity contribution is 9.10. The number of carbonyl (C=O) groups excluding carboxylic acids is 4. The van der Waals surface area contributed by atoms with Gasteiger partial charge in [0.1, 0.15) is 6.54 Å². The number of ether oxygens (including phenoxy) is 4. The fraction of sp³-hybridized carbons (Fsp3) is 0.333. The SMILES string of the molecule is CCOC(=O)CN1C(=O)SC(=Cc2cc(OC)c(OCC(=O)OC)cc2Br)C1=O. The summed E-state index contributed by atoms with van der Waals surface area (Å²) in [5.41, 5.74) is 0.536. The smallest absolute Gasteiger partial charge is 0.343 e. The van der Waals surface area contributed by atoms with Crippen LogP contribution in [0.4, 0.5) is 4.79 Å².